The molecule has 0 saturated heterocycles. The van der Waals surface area contributed by atoms with Crippen molar-refractivity contribution in [2.75, 3.05) is 18.6 Å². The number of carbonyl (C=O) groups is 1. The largest absolute Gasteiger partial charge is 0.462 e. The zero-order valence-corrected chi connectivity index (χ0v) is 13.3. The van der Waals surface area contributed by atoms with Gasteiger partial charge in [0.25, 0.3) is 0 Å². The first-order valence-corrected chi connectivity index (χ1v) is 8.01. The molecule has 0 radical (unpaired) electrons. The van der Waals surface area contributed by atoms with E-state index in [0.717, 1.165) is 11.7 Å². The van der Waals surface area contributed by atoms with E-state index in [4.69, 9.17) is 4.74 Å². The lowest BCUT2D eigenvalue weighted by Gasteiger charge is -2.35. The van der Waals surface area contributed by atoms with E-state index in [1.165, 1.54) is 32.1 Å². The molecule has 1 aromatic rings. The van der Waals surface area contributed by atoms with Gasteiger partial charge in [-0.2, -0.15) is 0 Å². The fraction of sp³-hybridized carbons (Fsp3) is 0.647. The van der Waals surface area contributed by atoms with Gasteiger partial charge in [0.05, 0.1) is 12.2 Å². The van der Waals surface area contributed by atoms with Gasteiger partial charge in [0.1, 0.15) is 5.82 Å². The topological polar surface area (TPSA) is 42.4 Å². The number of pyridine rings is 1. The second kappa shape index (κ2) is 7.43. The molecule has 1 aromatic heterocycles. The maximum absolute atomic E-state index is 11.6. The van der Waals surface area contributed by atoms with Crippen LogP contribution in [0.4, 0.5) is 5.82 Å². The molecule has 1 saturated carbocycles. The predicted molar refractivity (Wildman–Crippen MR) is 84.6 cm³/mol. The molecular formula is C17H26N2O2. The van der Waals surface area contributed by atoms with Crippen molar-refractivity contribution in [3.05, 3.63) is 23.9 Å². The van der Waals surface area contributed by atoms with E-state index < -0.39 is 0 Å². The fourth-order valence-corrected chi connectivity index (χ4v) is 3.06. The van der Waals surface area contributed by atoms with Crippen LogP contribution in [-0.4, -0.2) is 30.6 Å². The SMILES string of the molecule is CCOC(=O)c1ccc(N(C)C2CCC(CC)CC2)nc1. The van der Waals surface area contributed by atoms with Gasteiger partial charge in [-0.1, -0.05) is 13.3 Å². The van der Waals surface area contributed by atoms with E-state index in [1.54, 1.807) is 19.2 Å². The minimum atomic E-state index is -0.303. The van der Waals surface area contributed by atoms with Crippen LogP contribution in [0.2, 0.25) is 0 Å². The predicted octanol–water partition coefficient (Wildman–Crippen LogP) is 3.66. The Hall–Kier alpha value is -1.58. The fourth-order valence-electron chi connectivity index (χ4n) is 3.06. The number of hydrogen-bond donors (Lipinski definition) is 0. The first-order chi connectivity index (χ1) is 10.2. The van der Waals surface area contributed by atoms with Crippen LogP contribution in [0.5, 0.6) is 0 Å². The minimum absolute atomic E-state index is 0.303. The Labute approximate surface area is 127 Å². The Morgan fingerprint density at radius 3 is 2.52 bits per heavy atom. The van der Waals surface area contributed by atoms with Crippen molar-refractivity contribution in [3.63, 3.8) is 0 Å². The van der Waals surface area contributed by atoms with Gasteiger partial charge in [-0.15, -0.1) is 0 Å². The molecule has 0 aliphatic heterocycles. The van der Waals surface area contributed by atoms with E-state index in [2.05, 4.69) is 23.9 Å². The summed E-state index contributed by atoms with van der Waals surface area (Å²) < 4.78 is 4.98. The van der Waals surface area contributed by atoms with Crippen molar-refractivity contribution in [3.8, 4) is 0 Å². The molecule has 0 unspecified atom stereocenters. The molecule has 1 fully saturated rings. The Kier molecular flexibility index (Phi) is 5.59. The van der Waals surface area contributed by atoms with Crippen LogP contribution in [0, 0.1) is 5.92 Å². The monoisotopic (exact) mass is 290 g/mol. The van der Waals surface area contributed by atoms with Crippen LogP contribution in [-0.2, 0) is 4.74 Å². The summed E-state index contributed by atoms with van der Waals surface area (Å²) in [6.07, 6.45) is 8.00. The standard InChI is InChI=1S/C17H26N2O2/c1-4-13-6-9-15(10-7-13)19(3)16-11-8-14(12-18-16)17(20)21-5-2/h8,11-13,15H,4-7,9-10H2,1-3H3. The highest BCUT2D eigenvalue weighted by molar-refractivity contribution is 5.89. The molecule has 0 amide bonds. The average Bonchev–Trinajstić information content (AvgIpc) is 2.54. The van der Waals surface area contributed by atoms with E-state index in [0.29, 0.717) is 18.2 Å². The van der Waals surface area contributed by atoms with Crippen molar-refractivity contribution >= 4 is 11.8 Å². The number of anilines is 1. The van der Waals surface area contributed by atoms with Gasteiger partial charge in [-0.3, -0.25) is 0 Å². The van der Waals surface area contributed by atoms with E-state index in [-0.39, 0.29) is 5.97 Å². The van der Waals surface area contributed by atoms with Crippen LogP contribution in [0.15, 0.2) is 18.3 Å². The first-order valence-electron chi connectivity index (χ1n) is 8.01. The summed E-state index contributed by atoms with van der Waals surface area (Å²) in [4.78, 5) is 18.3. The van der Waals surface area contributed by atoms with Crippen molar-refractivity contribution in [2.45, 2.75) is 52.0 Å². The summed E-state index contributed by atoms with van der Waals surface area (Å²) in [6, 6.07) is 4.28. The molecule has 0 N–H and O–H groups in total. The number of carbonyl (C=O) groups excluding carboxylic acids is 1. The highest BCUT2D eigenvalue weighted by atomic mass is 16.5. The zero-order chi connectivity index (χ0) is 15.2. The van der Waals surface area contributed by atoms with E-state index in [1.807, 2.05) is 6.07 Å². The summed E-state index contributed by atoms with van der Waals surface area (Å²) in [7, 11) is 2.10. The lowest BCUT2D eigenvalue weighted by molar-refractivity contribution is 0.0526. The molecule has 1 heterocycles. The number of nitrogens with zero attached hydrogens (tertiary/aromatic N) is 2. The van der Waals surface area contributed by atoms with Crippen LogP contribution >= 0.6 is 0 Å². The molecule has 0 bridgehead atoms. The molecular weight excluding hydrogens is 264 g/mol. The molecule has 4 nitrogen and oxygen atoms in total. The Morgan fingerprint density at radius 1 is 1.29 bits per heavy atom. The van der Waals surface area contributed by atoms with Gasteiger partial charge < -0.3 is 9.64 Å². The van der Waals surface area contributed by atoms with Gasteiger partial charge in [0.2, 0.25) is 0 Å². The molecule has 1 aliphatic carbocycles. The van der Waals surface area contributed by atoms with Crippen LogP contribution in [0.3, 0.4) is 0 Å². The van der Waals surface area contributed by atoms with E-state index >= 15 is 0 Å². The van der Waals surface area contributed by atoms with Gasteiger partial charge in [0.15, 0.2) is 0 Å². The Balaban J connectivity index is 1.97. The third kappa shape index (κ3) is 3.96. The molecule has 116 valence electrons. The lowest BCUT2D eigenvalue weighted by Crippen LogP contribution is -2.35. The molecule has 2 rings (SSSR count). The van der Waals surface area contributed by atoms with Gasteiger partial charge in [-0.05, 0) is 50.7 Å². The van der Waals surface area contributed by atoms with Gasteiger partial charge >= 0.3 is 5.97 Å². The smallest absolute Gasteiger partial charge is 0.339 e. The second-order valence-corrected chi connectivity index (χ2v) is 5.82. The van der Waals surface area contributed by atoms with Crippen molar-refractivity contribution in [1.29, 1.82) is 0 Å². The van der Waals surface area contributed by atoms with Crippen molar-refractivity contribution in [2.24, 2.45) is 5.92 Å². The highest BCUT2D eigenvalue weighted by Gasteiger charge is 2.23. The second-order valence-electron chi connectivity index (χ2n) is 5.82. The van der Waals surface area contributed by atoms with Crippen LogP contribution < -0.4 is 4.90 Å². The summed E-state index contributed by atoms with van der Waals surface area (Å²) in [5, 5.41) is 0. The molecule has 4 heteroatoms. The summed E-state index contributed by atoms with van der Waals surface area (Å²) in [5.41, 5.74) is 0.517. The third-order valence-corrected chi connectivity index (χ3v) is 4.56. The quantitative estimate of drug-likeness (QED) is 0.776. The summed E-state index contributed by atoms with van der Waals surface area (Å²) in [5.74, 6) is 1.53. The maximum atomic E-state index is 11.6. The average molecular weight is 290 g/mol. The maximum Gasteiger partial charge on any atom is 0.339 e. The van der Waals surface area contributed by atoms with Gasteiger partial charge in [-0.25, -0.2) is 9.78 Å². The van der Waals surface area contributed by atoms with Crippen LogP contribution in [0.1, 0.15) is 56.3 Å². The molecule has 21 heavy (non-hydrogen) atoms. The number of aromatic nitrogens is 1. The summed E-state index contributed by atoms with van der Waals surface area (Å²) >= 11 is 0. The lowest BCUT2D eigenvalue weighted by atomic mass is 9.84. The molecule has 0 spiro atoms. The number of ether oxygens (including phenoxy) is 1. The zero-order valence-electron chi connectivity index (χ0n) is 13.3. The Bertz CT molecular complexity index is 450. The molecule has 1 aliphatic rings. The number of esters is 1. The highest BCUT2D eigenvalue weighted by Crippen LogP contribution is 2.30. The van der Waals surface area contributed by atoms with Crippen LogP contribution in [0.25, 0.3) is 0 Å². The van der Waals surface area contributed by atoms with E-state index in [9.17, 15) is 4.79 Å². The molecule has 0 aromatic carbocycles. The van der Waals surface area contributed by atoms with Crippen molar-refractivity contribution in [1.82, 2.24) is 4.98 Å². The third-order valence-electron chi connectivity index (χ3n) is 4.56. The first kappa shape index (κ1) is 15.8. The number of rotatable bonds is 5. The Morgan fingerprint density at radius 2 is 2.00 bits per heavy atom. The minimum Gasteiger partial charge on any atom is -0.462 e. The van der Waals surface area contributed by atoms with Crippen molar-refractivity contribution < 1.29 is 9.53 Å². The van der Waals surface area contributed by atoms with Gasteiger partial charge in [0, 0.05) is 19.3 Å². The molecule has 0 atom stereocenters. The summed E-state index contributed by atoms with van der Waals surface area (Å²) in [6.45, 7) is 4.48. The normalized spacial score (nSPS) is 21.9. The number of hydrogen-bond acceptors (Lipinski definition) is 4.